The van der Waals surface area contributed by atoms with Gasteiger partial charge in [0.2, 0.25) is 0 Å². The first-order valence-electron chi connectivity index (χ1n) is 9.57. The number of hydrogen-bond donors (Lipinski definition) is 2. The maximum absolute atomic E-state index is 14.3. The van der Waals surface area contributed by atoms with Gasteiger partial charge in [0.1, 0.15) is 29.8 Å². The molecule has 0 saturated carbocycles. The second-order valence-electron chi connectivity index (χ2n) is 7.65. The molecule has 0 radical (unpaired) electrons. The summed E-state index contributed by atoms with van der Waals surface area (Å²) < 4.78 is 29.6. The second kappa shape index (κ2) is 6.72. The average Bonchev–Trinajstić information content (AvgIpc) is 3.20. The molecule has 1 aliphatic rings. The van der Waals surface area contributed by atoms with Crippen LogP contribution in [-0.2, 0) is 0 Å². The van der Waals surface area contributed by atoms with Crippen LogP contribution in [0.4, 0.5) is 14.5 Å². The van der Waals surface area contributed by atoms with E-state index in [2.05, 4.69) is 25.6 Å². The number of aromatic nitrogens is 5. The molecule has 2 unspecified atom stereocenters. The molecule has 9 heteroatoms. The van der Waals surface area contributed by atoms with Gasteiger partial charge in [-0.2, -0.15) is 10.2 Å². The van der Waals surface area contributed by atoms with E-state index in [0.717, 1.165) is 11.4 Å². The van der Waals surface area contributed by atoms with Crippen LogP contribution >= 0.6 is 0 Å². The number of aromatic amines is 1. The normalized spacial score (nSPS) is 18.0. The first-order valence-corrected chi connectivity index (χ1v) is 9.57. The van der Waals surface area contributed by atoms with Crippen molar-refractivity contribution in [3.8, 4) is 0 Å². The third kappa shape index (κ3) is 2.77. The van der Waals surface area contributed by atoms with Crippen molar-refractivity contribution in [1.82, 2.24) is 25.0 Å². The first-order chi connectivity index (χ1) is 14.4. The minimum atomic E-state index is -0.535. The fourth-order valence-electron chi connectivity index (χ4n) is 4.10. The summed E-state index contributed by atoms with van der Waals surface area (Å²) in [7, 11) is 0. The van der Waals surface area contributed by atoms with Crippen molar-refractivity contribution in [2.75, 3.05) is 5.32 Å². The molecule has 2 aromatic heterocycles. The second-order valence-corrected chi connectivity index (χ2v) is 7.65. The Morgan fingerprint density at radius 1 is 1.10 bits per heavy atom. The van der Waals surface area contributed by atoms with Gasteiger partial charge in [-0.15, -0.1) is 0 Å². The van der Waals surface area contributed by atoms with E-state index in [1.807, 2.05) is 13.8 Å². The van der Waals surface area contributed by atoms with Gasteiger partial charge in [-0.1, -0.05) is 26.0 Å². The predicted molar refractivity (Wildman–Crippen MR) is 107 cm³/mol. The van der Waals surface area contributed by atoms with Crippen LogP contribution < -0.4 is 10.9 Å². The molecule has 3 heterocycles. The SMILES string of the molecule is CC(C)c1ncnn1C1c2n[nH]c(=O)c3cc(F)cc(c23)NC1c1ccc(F)cc1. The summed E-state index contributed by atoms with van der Waals surface area (Å²) in [6.07, 6.45) is 1.47. The standard InChI is InChI=1S/C21H18F2N6O/c1-10(2)20-24-9-25-29(20)19-17(11-3-5-12(22)6-4-11)26-15-8-13(23)7-14-16(15)18(19)27-28-21(14)30/h3-10,17,19,26H,1-2H3,(H,28,30). The van der Waals surface area contributed by atoms with Gasteiger partial charge in [0, 0.05) is 17.0 Å². The van der Waals surface area contributed by atoms with E-state index < -0.39 is 23.5 Å². The van der Waals surface area contributed by atoms with Gasteiger partial charge in [0.15, 0.2) is 0 Å². The van der Waals surface area contributed by atoms with E-state index in [1.165, 1.54) is 30.6 Å². The molecule has 0 aliphatic carbocycles. The number of halogens is 2. The van der Waals surface area contributed by atoms with Crippen LogP contribution in [0, 0.1) is 11.6 Å². The lowest BCUT2D eigenvalue weighted by atomic mass is 9.89. The molecule has 7 nitrogen and oxygen atoms in total. The van der Waals surface area contributed by atoms with E-state index in [4.69, 9.17) is 0 Å². The van der Waals surface area contributed by atoms with Crippen molar-refractivity contribution in [3.63, 3.8) is 0 Å². The van der Waals surface area contributed by atoms with Crippen LogP contribution in [0.3, 0.4) is 0 Å². The van der Waals surface area contributed by atoms with Crippen molar-refractivity contribution in [3.05, 3.63) is 81.8 Å². The fraction of sp³-hybridized carbons (Fsp3) is 0.238. The molecule has 0 amide bonds. The van der Waals surface area contributed by atoms with Crippen LogP contribution in [-0.4, -0.2) is 25.0 Å². The lowest BCUT2D eigenvalue weighted by molar-refractivity contribution is 0.423. The van der Waals surface area contributed by atoms with Crippen LogP contribution in [0.1, 0.15) is 48.9 Å². The Bertz CT molecular complexity index is 1310. The van der Waals surface area contributed by atoms with Crippen molar-refractivity contribution in [2.45, 2.75) is 31.8 Å². The summed E-state index contributed by atoms with van der Waals surface area (Å²) in [5.41, 5.74) is 1.29. The molecule has 2 atom stereocenters. The lowest BCUT2D eigenvalue weighted by Crippen LogP contribution is -2.33. The molecule has 1 aliphatic heterocycles. The van der Waals surface area contributed by atoms with Crippen molar-refractivity contribution >= 4 is 16.5 Å². The zero-order chi connectivity index (χ0) is 21.0. The maximum atomic E-state index is 14.3. The number of nitrogens with one attached hydrogen (secondary N) is 2. The lowest BCUT2D eigenvalue weighted by Gasteiger charge is -2.35. The molecule has 0 bridgehead atoms. The minimum Gasteiger partial charge on any atom is -0.375 e. The van der Waals surface area contributed by atoms with Gasteiger partial charge < -0.3 is 5.32 Å². The first kappa shape index (κ1) is 18.4. The third-order valence-corrected chi connectivity index (χ3v) is 5.40. The smallest absolute Gasteiger partial charge is 0.272 e. The number of anilines is 1. The summed E-state index contributed by atoms with van der Waals surface area (Å²) >= 11 is 0. The summed E-state index contributed by atoms with van der Waals surface area (Å²) in [5.74, 6) is -0.0758. The summed E-state index contributed by atoms with van der Waals surface area (Å²) in [6.45, 7) is 4.01. The molecule has 30 heavy (non-hydrogen) atoms. The zero-order valence-electron chi connectivity index (χ0n) is 16.2. The van der Waals surface area contributed by atoms with E-state index in [0.29, 0.717) is 16.8 Å². The zero-order valence-corrected chi connectivity index (χ0v) is 16.2. The maximum Gasteiger partial charge on any atom is 0.272 e. The molecule has 0 spiro atoms. The van der Waals surface area contributed by atoms with E-state index in [1.54, 1.807) is 16.8 Å². The summed E-state index contributed by atoms with van der Waals surface area (Å²) in [5, 5.41) is 15.3. The van der Waals surface area contributed by atoms with Crippen LogP contribution in [0.2, 0.25) is 0 Å². The Balaban J connectivity index is 1.82. The Labute approximate surface area is 169 Å². The molecule has 4 aromatic rings. The molecular formula is C21H18F2N6O. The largest absolute Gasteiger partial charge is 0.375 e. The number of benzene rings is 2. The Kier molecular flexibility index (Phi) is 4.12. The van der Waals surface area contributed by atoms with Gasteiger partial charge in [-0.25, -0.2) is 23.5 Å². The number of hydrogen-bond acceptors (Lipinski definition) is 5. The van der Waals surface area contributed by atoms with Gasteiger partial charge in [0.05, 0.1) is 17.1 Å². The Morgan fingerprint density at radius 3 is 2.60 bits per heavy atom. The Hall–Kier alpha value is -3.62. The van der Waals surface area contributed by atoms with Crippen LogP contribution in [0.5, 0.6) is 0 Å². The van der Waals surface area contributed by atoms with Crippen molar-refractivity contribution in [2.24, 2.45) is 0 Å². The van der Waals surface area contributed by atoms with E-state index in [-0.39, 0.29) is 17.1 Å². The predicted octanol–water partition coefficient (Wildman–Crippen LogP) is 3.67. The highest BCUT2D eigenvalue weighted by atomic mass is 19.1. The molecular weight excluding hydrogens is 390 g/mol. The van der Waals surface area contributed by atoms with Crippen LogP contribution in [0.25, 0.3) is 10.8 Å². The van der Waals surface area contributed by atoms with Gasteiger partial charge in [0.25, 0.3) is 5.56 Å². The van der Waals surface area contributed by atoms with Crippen molar-refractivity contribution < 1.29 is 8.78 Å². The highest BCUT2D eigenvalue weighted by molar-refractivity contribution is 5.97. The quantitative estimate of drug-likeness (QED) is 0.540. The van der Waals surface area contributed by atoms with Gasteiger partial charge >= 0.3 is 0 Å². The van der Waals surface area contributed by atoms with E-state index >= 15 is 0 Å². The number of H-pyrrole nitrogens is 1. The highest BCUT2D eigenvalue weighted by Crippen LogP contribution is 2.44. The van der Waals surface area contributed by atoms with Gasteiger partial charge in [-0.3, -0.25) is 4.79 Å². The molecule has 2 aromatic carbocycles. The Morgan fingerprint density at radius 2 is 1.87 bits per heavy atom. The molecule has 2 N–H and O–H groups in total. The fourth-order valence-corrected chi connectivity index (χ4v) is 4.10. The molecule has 0 saturated heterocycles. The number of rotatable bonds is 3. The topological polar surface area (TPSA) is 88.5 Å². The molecule has 5 rings (SSSR count). The molecule has 0 fully saturated rings. The molecule has 152 valence electrons. The van der Waals surface area contributed by atoms with Crippen LogP contribution in [0.15, 0.2) is 47.5 Å². The van der Waals surface area contributed by atoms with Crippen molar-refractivity contribution in [1.29, 1.82) is 0 Å². The monoisotopic (exact) mass is 408 g/mol. The minimum absolute atomic E-state index is 0.0780. The summed E-state index contributed by atoms with van der Waals surface area (Å²) in [6, 6.07) is 7.67. The number of nitrogens with zero attached hydrogens (tertiary/aromatic N) is 4. The highest BCUT2D eigenvalue weighted by Gasteiger charge is 2.37. The average molecular weight is 408 g/mol. The summed E-state index contributed by atoms with van der Waals surface area (Å²) in [4.78, 5) is 16.7. The van der Waals surface area contributed by atoms with Gasteiger partial charge in [-0.05, 0) is 29.8 Å². The third-order valence-electron chi connectivity index (χ3n) is 5.40. The van der Waals surface area contributed by atoms with E-state index in [9.17, 15) is 13.6 Å².